The molecule has 6 nitrogen and oxygen atoms in total. The zero-order valence-electron chi connectivity index (χ0n) is 9.65. The molecule has 0 aromatic heterocycles. The first-order chi connectivity index (χ1) is 8.07. The molecule has 17 heavy (non-hydrogen) atoms. The van der Waals surface area contributed by atoms with Gasteiger partial charge in [-0.3, -0.25) is 4.79 Å². The van der Waals surface area contributed by atoms with Gasteiger partial charge in [0.25, 0.3) is 0 Å². The second-order valence-electron chi connectivity index (χ2n) is 4.86. The summed E-state index contributed by atoms with van der Waals surface area (Å²) in [6, 6.07) is 0. The molecule has 4 N–H and O–H groups in total. The fourth-order valence-electron chi connectivity index (χ4n) is 2.11. The van der Waals surface area contributed by atoms with Gasteiger partial charge in [0.2, 0.25) is 5.91 Å². The van der Waals surface area contributed by atoms with Gasteiger partial charge in [0, 0.05) is 13.1 Å². The van der Waals surface area contributed by atoms with E-state index in [0.29, 0.717) is 25.9 Å². The molecule has 2 rings (SSSR count). The van der Waals surface area contributed by atoms with Crippen LogP contribution in [0, 0.1) is 5.41 Å². The molecular weight excluding hydrogens is 224 g/mol. The zero-order valence-corrected chi connectivity index (χ0v) is 9.65. The summed E-state index contributed by atoms with van der Waals surface area (Å²) < 4.78 is 5.29. The molecule has 1 amide bonds. The average Bonchev–Trinajstić information content (AvgIpc) is 2.97. The van der Waals surface area contributed by atoms with Crippen molar-refractivity contribution in [2.75, 3.05) is 13.1 Å². The third-order valence-electron chi connectivity index (χ3n) is 3.60. The summed E-state index contributed by atoms with van der Waals surface area (Å²) in [6.07, 6.45) is 1.97. The molecule has 0 aromatic carbocycles. The first-order valence-corrected chi connectivity index (χ1v) is 5.94. The van der Waals surface area contributed by atoms with Gasteiger partial charge in [0.15, 0.2) is 6.10 Å². The van der Waals surface area contributed by atoms with Gasteiger partial charge in [0.1, 0.15) is 0 Å². The Bertz CT molecular complexity index is 327. The van der Waals surface area contributed by atoms with Crippen molar-refractivity contribution >= 4 is 11.9 Å². The van der Waals surface area contributed by atoms with E-state index in [1.165, 1.54) is 0 Å². The number of nitrogens with two attached hydrogens (primary N) is 1. The Hall–Kier alpha value is -1.14. The second kappa shape index (κ2) is 4.62. The Morgan fingerprint density at radius 1 is 1.41 bits per heavy atom. The summed E-state index contributed by atoms with van der Waals surface area (Å²) >= 11 is 0. The lowest BCUT2D eigenvalue weighted by molar-refractivity contribution is -0.149. The zero-order chi connectivity index (χ0) is 12.5. The van der Waals surface area contributed by atoms with Crippen LogP contribution in [0.5, 0.6) is 0 Å². The lowest BCUT2D eigenvalue weighted by atomic mass is 10.1. The van der Waals surface area contributed by atoms with E-state index in [0.717, 1.165) is 12.8 Å². The number of hydrogen-bond donors (Lipinski definition) is 3. The molecule has 1 aliphatic heterocycles. The Morgan fingerprint density at radius 3 is 2.59 bits per heavy atom. The molecule has 0 radical (unpaired) electrons. The molecule has 2 atom stereocenters. The first kappa shape index (κ1) is 12.3. The molecule has 0 bridgehead atoms. The number of aliphatic carboxylic acids is 1. The van der Waals surface area contributed by atoms with Crippen LogP contribution < -0.4 is 11.1 Å². The average molecular weight is 242 g/mol. The second-order valence-corrected chi connectivity index (χ2v) is 4.86. The molecule has 0 spiro atoms. The van der Waals surface area contributed by atoms with Crippen LogP contribution in [0.2, 0.25) is 0 Å². The number of nitrogens with one attached hydrogen (secondary N) is 1. The maximum Gasteiger partial charge on any atom is 0.332 e. The molecule has 1 saturated carbocycles. The molecule has 2 unspecified atom stereocenters. The topological polar surface area (TPSA) is 102 Å². The Labute approximate surface area is 99.5 Å². The minimum Gasteiger partial charge on any atom is -0.479 e. The number of ether oxygens (including phenoxy) is 1. The van der Waals surface area contributed by atoms with Crippen LogP contribution in [0.4, 0.5) is 0 Å². The van der Waals surface area contributed by atoms with Crippen LogP contribution in [0.3, 0.4) is 0 Å². The molecule has 1 saturated heterocycles. The van der Waals surface area contributed by atoms with Crippen LogP contribution in [-0.4, -0.2) is 42.3 Å². The molecule has 2 aliphatic rings. The van der Waals surface area contributed by atoms with Crippen LogP contribution in [-0.2, 0) is 14.3 Å². The molecule has 6 heteroatoms. The summed E-state index contributed by atoms with van der Waals surface area (Å²) in [6.45, 7) is 0.756. The predicted octanol–water partition coefficient (Wildman–Crippen LogP) is -0.526. The molecule has 2 fully saturated rings. The SMILES string of the molecule is NCC1(C(=O)NCC2CCC(C(=O)O)O2)CC1. The Morgan fingerprint density at radius 2 is 2.12 bits per heavy atom. The summed E-state index contributed by atoms with van der Waals surface area (Å²) in [5.41, 5.74) is 5.19. The van der Waals surface area contributed by atoms with Gasteiger partial charge < -0.3 is 20.9 Å². The molecular formula is C11H18N2O4. The highest BCUT2D eigenvalue weighted by molar-refractivity contribution is 5.85. The van der Waals surface area contributed by atoms with Gasteiger partial charge in [0.05, 0.1) is 11.5 Å². The highest BCUT2D eigenvalue weighted by Gasteiger charge is 2.48. The van der Waals surface area contributed by atoms with E-state index in [-0.39, 0.29) is 17.4 Å². The van der Waals surface area contributed by atoms with Crippen molar-refractivity contribution < 1.29 is 19.4 Å². The quantitative estimate of drug-likeness (QED) is 0.601. The third kappa shape index (κ3) is 2.58. The number of amides is 1. The number of carbonyl (C=O) groups is 2. The smallest absolute Gasteiger partial charge is 0.332 e. The van der Waals surface area contributed by atoms with E-state index < -0.39 is 12.1 Å². The van der Waals surface area contributed by atoms with Crippen molar-refractivity contribution in [3.05, 3.63) is 0 Å². The lowest BCUT2D eigenvalue weighted by Gasteiger charge is -2.16. The first-order valence-electron chi connectivity index (χ1n) is 5.94. The summed E-state index contributed by atoms with van der Waals surface area (Å²) in [5, 5.41) is 11.6. The van der Waals surface area contributed by atoms with E-state index in [9.17, 15) is 9.59 Å². The summed E-state index contributed by atoms with van der Waals surface area (Å²) in [5.74, 6) is -0.957. The Kier molecular flexibility index (Phi) is 3.35. The van der Waals surface area contributed by atoms with Crippen molar-refractivity contribution in [2.24, 2.45) is 11.1 Å². The van der Waals surface area contributed by atoms with Crippen molar-refractivity contribution in [1.29, 1.82) is 0 Å². The monoisotopic (exact) mass is 242 g/mol. The van der Waals surface area contributed by atoms with Gasteiger partial charge in [-0.15, -0.1) is 0 Å². The Balaban J connectivity index is 1.73. The van der Waals surface area contributed by atoms with E-state index in [4.69, 9.17) is 15.6 Å². The predicted molar refractivity (Wildman–Crippen MR) is 59.3 cm³/mol. The molecule has 96 valence electrons. The van der Waals surface area contributed by atoms with E-state index in [1.807, 2.05) is 0 Å². The number of rotatable bonds is 5. The van der Waals surface area contributed by atoms with Crippen LogP contribution >= 0.6 is 0 Å². The highest BCUT2D eigenvalue weighted by Crippen LogP contribution is 2.44. The standard InChI is InChI=1S/C11H18N2O4/c12-6-11(3-4-11)10(16)13-5-7-1-2-8(17-7)9(14)15/h7-8H,1-6,12H2,(H,13,16)(H,14,15). The summed E-state index contributed by atoms with van der Waals surface area (Å²) in [4.78, 5) is 22.4. The van der Waals surface area contributed by atoms with Crippen LogP contribution in [0.15, 0.2) is 0 Å². The van der Waals surface area contributed by atoms with Crippen LogP contribution in [0.25, 0.3) is 0 Å². The van der Waals surface area contributed by atoms with Crippen molar-refractivity contribution in [2.45, 2.75) is 37.9 Å². The van der Waals surface area contributed by atoms with E-state index in [2.05, 4.69) is 5.32 Å². The summed E-state index contributed by atoms with van der Waals surface area (Å²) in [7, 11) is 0. The number of carbonyl (C=O) groups excluding carboxylic acids is 1. The fraction of sp³-hybridized carbons (Fsp3) is 0.818. The largest absolute Gasteiger partial charge is 0.479 e. The third-order valence-corrected chi connectivity index (χ3v) is 3.60. The normalized spacial score (nSPS) is 29.9. The number of carboxylic acids is 1. The molecule has 1 heterocycles. The van der Waals surface area contributed by atoms with Gasteiger partial charge in [-0.25, -0.2) is 4.79 Å². The minimum absolute atomic E-state index is 0.0256. The van der Waals surface area contributed by atoms with Gasteiger partial charge >= 0.3 is 5.97 Å². The minimum atomic E-state index is -0.931. The van der Waals surface area contributed by atoms with Crippen LogP contribution in [0.1, 0.15) is 25.7 Å². The van der Waals surface area contributed by atoms with Gasteiger partial charge in [-0.1, -0.05) is 0 Å². The van der Waals surface area contributed by atoms with Gasteiger partial charge in [-0.05, 0) is 25.7 Å². The lowest BCUT2D eigenvalue weighted by Crippen LogP contribution is -2.40. The van der Waals surface area contributed by atoms with Gasteiger partial charge in [-0.2, -0.15) is 0 Å². The maximum absolute atomic E-state index is 11.8. The number of hydrogen-bond acceptors (Lipinski definition) is 4. The fourth-order valence-corrected chi connectivity index (χ4v) is 2.11. The van der Waals surface area contributed by atoms with E-state index >= 15 is 0 Å². The number of carboxylic acid groups (broad SMARTS) is 1. The highest BCUT2D eigenvalue weighted by atomic mass is 16.5. The molecule has 1 aliphatic carbocycles. The maximum atomic E-state index is 11.8. The van der Waals surface area contributed by atoms with Crippen molar-refractivity contribution in [3.8, 4) is 0 Å². The van der Waals surface area contributed by atoms with E-state index in [1.54, 1.807) is 0 Å². The van der Waals surface area contributed by atoms with Crippen molar-refractivity contribution in [1.82, 2.24) is 5.32 Å². The molecule has 0 aromatic rings. The van der Waals surface area contributed by atoms with Crippen molar-refractivity contribution in [3.63, 3.8) is 0 Å².